The predicted octanol–water partition coefficient (Wildman–Crippen LogP) is 13.4. The first-order chi connectivity index (χ1) is 26.4. The Kier molecular flexibility index (Phi) is 7.64. The number of hydrogen-bond donors (Lipinski definition) is 1. The number of pyridine rings is 2. The summed E-state index contributed by atoms with van der Waals surface area (Å²) in [6.07, 6.45) is 0. The first-order valence-electron chi connectivity index (χ1n) is 18.7. The molecule has 4 heterocycles. The Labute approximate surface area is 321 Å². The lowest BCUT2D eigenvalue weighted by Gasteiger charge is -2.22. The van der Waals surface area contributed by atoms with Crippen LogP contribution in [0.4, 0.5) is 5.69 Å². The molecule has 0 aliphatic carbocycles. The van der Waals surface area contributed by atoms with Gasteiger partial charge in [-0.1, -0.05) is 120 Å². The average molecular weight is 710 g/mol. The van der Waals surface area contributed by atoms with Gasteiger partial charge in [0.05, 0.1) is 45.9 Å². The number of nitriles is 1. The predicted molar refractivity (Wildman–Crippen MR) is 226 cm³/mol. The van der Waals surface area contributed by atoms with E-state index < -0.39 is 0 Å². The topological polar surface area (TPSA) is 69.7 Å². The van der Waals surface area contributed by atoms with Crippen molar-refractivity contribution in [1.82, 2.24) is 15.0 Å². The standard InChI is InChI=1S/C50H39N5/c1-49(2,3)33-22-37-38-23-34(50(4,5)6)25-40-43-27-36(30-17-12-9-13-18-30)48(52-7)45(54-43)32-20-14-19-31(21-32)44-41(28-51)35(29-15-10-8-11-16-29)26-42(53-44)39(24-33)46(37)55-47(38)40/h8-27,55H,1-6H3. The van der Waals surface area contributed by atoms with E-state index in [0.717, 1.165) is 77.7 Å². The van der Waals surface area contributed by atoms with Crippen LogP contribution in [0, 0.1) is 17.9 Å². The maximum Gasteiger partial charge on any atom is 0.220 e. The van der Waals surface area contributed by atoms with Crippen LogP contribution >= 0.6 is 0 Å². The van der Waals surface area contributed by atoms with E-state index in [1.165, 1.54) is 11.1 Å². The zero-order chi connectivity index (χ0) is 38.2. The van der Waals surface area contributed by atoms with E-state index in [2.05, 4.69) is 106 Å². The fraction of sp³-hybridized carbons (Fsp3) is 0.160. The molecule has 0 saturated carbocycles. The van der Waals surface area contributed by atoms with Crippen LogP contribution in [0.15, 0.2) is 121 Å². The number of nitrogens with zero attached hydrogens (tertiary/aromatic N) is 4. The third-order valence-electron chi connectivity index (χ3n) is 10.9. The smallest absolute Gasteiger partial charge is 0.220 e. The molecule has 1 aliphatic heterocycles. The van der Waals surface area contributed by atoms with Crippen molar-refractivity contribution >= 4 is 27.5 Å². The second kappa shape index (κ2) is 12.4. The molecule has 3 aromatic heterocycles. The summed E-state index contributed by atoms with van der Waals surface area (Å²) in [7, 11) is 0. The molecule has 1 aliphatic rings. The second-order valence-corrected chi connectivity index (χ2v) is 16.6. The number of benzene rings is 5. The van der Waals surface area contributed by atoms with Crippen LogP contribution in [0.1, 0.15) is 58.2 Å². The molecule has 5 heteroatoms. The molecule has 264 valence electrons. The molecular weight excluding hydrogens is 671 g/mol. The number of fused-ring (bicyclic) bond motifs is 11. The first kappa shape index (κ1) is 34.0. The summed E-state index contributed by atoms with van der Waals surface area (Å²) >= 11 is 0. The van der Waals surface area contributed by atoms with Gasteiger partial charge in [0.15, 0.2) is 0 Å². The molecule has 8 bridgehead atoms. The minimum absolute atomic E-state index is 0.163. The molecule has 5 nitrogen and oxygen atoms in total. The molecule has 0 spiro atoms. The molecular formula is C50H39N5. The maximum atomic E-state index is 10.9. The van der Waals surface area contributed by atoms with Crippen LogP contribution in [0.5, 0.6) is 0 Å². The van der Waals surface area contributed by atoms with Crippen molar-refractivity contribution in [3.8, 4) is 73.4 Å². The third-order valence-corrected chi connectivity index (χ3v) is 10.9. The molecule has 8 aromatic rings. The van der Waals surface area contributed by atoms with Gasteiger partial charge in [0.25, 0.3) is 0 Å². The lowest BCUT2D eigenvalue weighted by molar-refractivity contribution is 0.590. The lowest BCUT2D eigenvalue weighted by atomic mass is 9.83. The fourth-order valence-corrected chi connectivity index (χ4v) is 7.87. The van der Waals surface area contributed by atoms with Crippen LogP contribution in [0.25, 0.3) is 93.9 Å². The number of aromatic nitrogens is 3. The van der Waals surface area contributed by atoms with Gasteiger partial charge >= 0.3 is 0 Å². The van der Waals surface area contributed by atoms with Crippen molar-refractivity contribution in [3.63, 3.8) is 0 Å². The number of rotatable bonds is 2. The van der Waals surface area contributed by atoms with Crippen LogP contribution in [-0.2, 0) is 10.8 Å². The highest BCUT2D eigenvalue weighted by molar-refractivity contribution is 6.16. The molecule has 0 atom stereocenters. The molecule has 0 radical (unpaired) electrons. The summed E-state index contributed by atoms with van der Waals surface area (Å²) in [5.74, 6) is 0. The minimum Gasteiger partial charge on any atom is -0.353 e. The van der Waals surface area contributed by atoms with Gasteiger partial charge in [-0.15, -0.1) is 0 Å². The van der Waals surface area contributed by atoms with Gasteiger partial charge in [0.2, 0.25) is 5.69 Å². The molecule has 0 fully saturated rings. The quantitative estimate of drug-likeness (QED) is 0.182. The van der Waals surface area contributed by atoms with E-state index in [4.69, 9.17) is 16.5 Å². The zero-order valence-electron chi connectivity index (χ0n) is 31.8. The summed E-state index contributed by atoms with van der Waals surface area (Å²) in [5, 5.41) is 13.1. The minimum atomic E-state index is -0.164. The average Bonchev–Trinajstić information content (AvgIpc) is 3.57. The van der Waals surface area contributed by atoms with Crippen molar-refractivity contribution in [2.24, 2.45) is 0 Å². The Balaban J connectivity index is 1.54. The maximum absolute atomic E-state index is 10.9. The van der Waals surface area contributed by atoms with Gasteiger partial charge in [0, 0.05) is 33.0 Å². The van der Waals surface area contributed by atoms with Gasteiger partial charge < -0.3 is 4.98 Å². The van der Waals surface area contributed by atoms with E-state index in [9.17, 15) is 5.26 Å². The van der Waals surface area contributed by atoms with Crippen molar-refractivity contribution < 1.29 is 0 Å². The van der Waals surface area contributed by atoms with Gasteiger partial charge in [-0.25, -0.2) is 9.83 Å². The Morgan fingerprint density at radius 3 is 1.53 bits per heavy atom. The fourth-order valence-electron chi connectivity index (χ4n) is 7.87. The van der Waals surface area contributed by atoms with Gasteiger partial charge in [-0.3, -0.25) is 4.98 Å². The summed E-state index contributed by atoms with van der Waals surface area (Å²) in [6.45, 7) is 22.0. The monoisotopic (exact) mass is 709 g/mol. The van der Waals surface area contributed by atoms with E-state index in [1.807, 2.05) is 72.8 Å². The highest BCUT2D eigenvalue weighted by Crippen LogP contribution is 2.47. The molecule has 55 heavy (non-hydrogen) atoms. The van der Waals surface area contributed by atoms with Crippen molar-refractivity contribution in [1.29, 1.82) is 5.26 Å². The Morgan fingerprint density at radius 1 is 0.545 bits per heavy atom. The van der Waals surface area contributed by atoms with Crippen molar-refractivity contribution in [3.05, 3.63) is 149 Å². The Hall–Kier alpha value is -6.82. The largest absolute Gasteiger partial charge is 0.353 e. The highest BCUT2D eigenvalue weighted by Gasteiger charge is 2.27. The zero-order valence-corrected chi connectivity index (χ0v) is 31.8. The van der Waals surface area contributed by atoms with E-state index >= 15 is 0 Å². The van der Waals surface area contributed by atoms with Crippen LogP contribution in [-0.4, -0.2) is 15.0 Å². The van der Waals surface area contributed by atoms with Crippen LogP contribution < -0.4 is 0 Å². The van der Waals surface area contributed by atoms with Crippen molar-refractivity contribution in [2.45, 2.75) is 52.4 Å². The molecule has 0 unspecified atom stereocenters. The van der Waals surface area contributed by atoms with Crippen molar-refractivity contribution in [2.75, 3.05) is 0 Å². The molecule has 0 amide bonds. The van der Waals surface area contributed by atoms with Crippen LogP contribution in [0.3, 0.4) is 0 Å². The van der Waals surface area contributed by atoms with Gasteiger partial charge in [0.1, 0.15) is 6.07 Å². The SMILES string of the molecule is [C-]#[N+]c1c(-c2ccccc2)cc2nc1-c1cccc(c1)-c1nc(cc(-c3ccccc3)c1C#N)-c1cc(C(C)(C)C)cc3c1[nH]c1c-2cc(C(C)(C)C)cc13. The molecule has 0 saturated heterocycles. The summed E-state index contributed by atoms with van der Waals surface area (Å²) in [6, 6.07) is 44.1. The first-order valence-corrected chi connectivity index (χ1v) is 18.7. The Bertz CT molecular complexity index is 2750. The molecule has 5 aromatic carbocycles. The van der Waals surface area contributed by atoms with Crippen LogP contribution in [0.2, 0.25) is 0 Å². The second-order valence-electron chi connectivity index (χ2n) is 16.6. The number of hydrogen-bond acceptors (Lipinski definition) is 3. The van der Waals surface area contributed by atoms with E-state index in [1.54, 1.807) is 0 Å². The summed E-state index contributed by atoms with van der Waals surface area (Å²) < 4.78 is 0. The normalized spacial score (nSPS) is 12.1. The summed E-state index contributed by atoms with van der Waals surface area (Å²) in [5.41, 5.74) is 14.7. The van der Waals surface area contributed by atoms with E-state index in [0.29, 0.717) is 22.6 Å². The van der Waals surface area contributed by atoms with Gasteiger partial charge in [-0.05, 0) is 86.7 Å². The van der Waals surface area contributed by atoms with Gasteiger partial charge in [-0.2, -0.15) is 5.26 Å². The Morgan fingerprint density at radius 2 is 1.02 bits per heavy atom. The third kappa shape index (κ3) is 5.60. The highest BCUT2D eigenvalue weighted by atomic mass is 14.8. The lowest BCUT2D eigenvalue weighted by Crippen LogP contribution is -2.11. The molecule has 1 N–H and O–H groups in total. The number of aromatic amines is 1. The van der Waals surface area contributed by atoms with E-state index in [-0.39, 0.29) is 10.8 Å². The summed E-state index contributed by atoms with van der Waals surface area (Å²) in [4.78, 5) is 18.9. The number of H-pyrrole nitrogens is 1. The molecule has 9 rings (SSSR count). The number of nitrogens with one attached hydrogen (secondary N) is 1.